The van der Waals surface area contributed by atoms with Gasteiger partial charge in [-0.05, 0) is 18.9 Å². The maximum atomic E-state index is 4.06. The van der Waals surface area contributed by atoms with Gasteiger partial charge >= 0.3 is 0 Å². The van der Waals surface area contributed by atoms with Gasteiger partial charge in [0, 0.05) is 12.8 Å². The zero-order valence-corrected chi connectivity index (χ0v) is 7.65. The van der Waals surface area contributed by atoms with Gasteiger partial charge in [0.2, 0.25) is 0 Å². The first-order valence-electron chi connectivity index (χ1n) is 3.92. The van der Waals surface area contributed by atoms with Crippen LogP contribution in [0.15, 0.2) is 17.1 Å². The SMILES string of the molecule is C=C(C)C=NCCC.CC. The topological polar surface area (TPSA) is 12.4 Å². The van der Waals surface area contributed by atoms with Crippen LogP contribution in [-0.4, -0.2) is 12.8 Å². The van der Waals surface area contributed by atoms with Gasteiger partial charge in [0.05, 0.1) is 0 Å². The van der Waals surface area contributed by atoms with E-state index in [0.717, 1.165) is 18.5 Å². The molecule has 0 fully saturated rings. The van der Waals surface area contributed by atoms with Gasteiger partial charge in [-0.15, -0.1) is 0 Å². The Morgan fingerprint density at radius 3 is 2.30 bits per heavy atom. The van der Waals surface area contributed by atoms with Crippen LogP contribution in [0.4, 0.5) is 0 Å². The fourth-order valence-electron chi connectivity index (χ4n) is 0.349. The summed E-state index contributed by atoms with van der Waals surface area (Å²) >= 11 is 0. The Hall–Kier alpha value is -0.590. The minimum Gasteiger partial charge on any atom is -0.293 e. The van der Waals surface area contributed by atoms with E-state index in [-0.39, 0.29) is 0 Å². The fraction of sp³-hybridized carbons (Fsp3) is 0.667. The lowest BCUT2D eigenvalue weighted by Crippen LogP contribution is -1.78. The van der Waals surface area contributed by atoms with Crippen molar-refractivity contribution in [3.63, 3.8) is 0 Å². The lowest BCUT2D eigenvalue weighted by Gasteiger charge is -1.84. The molecule has 0 heterocycles. The van der Waals surface area contributed by atoms with Crippen molar-refractivity contribution < 1.29 is 0 Å². The second-order valence-electron chi connectivity index (χ2n) is 1.88. The molecule has 0 unspecified atom stereocenters. The molecule has 0 aromatic heterocycles. The van der Waals surface area contributed by atoms with Crippen LogP contribution < -0.4 is 0 Å². The third-order valence-electron chi connectivity index (χ3n) is 0.664. The summed E-state index contributed by atoms with van der Waals surface area (Å²) in [5, 5.41) is 0. The zero-order chi connectivity index (χ0) is 8.41. The monoisotopic (exact) mass is 141 g/mol. The Morgan fingerprint density at radius 2 is 2.00 bits per heavy atom. The predicted molar refractivity (Wildman–Crippen MR) is 49.8 cm³/mol. The average molecular weight is 141 g/mol. The third-order valence-corrected chi connectivity index (χ3v) is 0.664. The summed E-state index contributed by atoms with van der Waals surface area (Å²) in [4.78, 5) is 4.06. The molecule has 0 spiro atoms. The molecule has 60 valence electrons. The minimum atomic E-state index is 0.923. The van der Waals surface area contributed by atoms with Gasteiger partial charge < -0.3 is 0 Å². The van der Waals surface area contributed by atoms with E-state index in [1.807, 2.05) is 27.0 Å². The molecule has 0 amide bonds. The summed E-state index contributed by atoms with van der Waals surface area (Å²) in [5.41, 5.74) is 1.03. The molecule has 0 radical (unpaired) electrons. The van der Waals surface area contributed by atoms with Crippen molar-refractivity contribution in [2.45, 2.75) is 34.1 Å². The molecule has 0 saturated heterocycles. The van der Waals surface area contributed by atoms with E-state index in [1.165, 1.54) is 0 Å². The predicted octanol–water partition coefficient (Wildman–Crippen LogP) is 3.07. The molecule has 10 heavy (non-hydrogen) atoms. The third kappa shape index (κ3) is 15.7. The molecule has 0 aliphatic heterocycles. The Balaban J connectivity index is 0. The van der Waals surface area contributed by atoms with Crippen molar-refractivity contribution >= 4 is 6.21 Å². The van der Waals surface area contributed by atoms with Crippen molar-refractivity contribution in [3.8, 4) is 0 Å². The lowest BCUT2D eigenvalue weighted by atomic mass is 10.4. The molecule has 1 heteroatoms. The summed E-state index contributed by atoms with van der Waals surface area (Å²) in [6.07, 6.45) is 2.92. The van der Waals surface area contributed by atoms with Gasteiger partial charge in [-0.25, -0.2) is 0 Å². The standard InChI is InChI=1S/C7H13N.C2H6/c1-4-5-8-6-7(2)3;1-2/h6H,2,4-5H2,1,3H3;1-2H3. The Morgan fingerprint density at radius 1 is 1.50 bits per heavy atom. The van der Waals surface area contributed by atoms with E-state index in [9.17, 15) is 0 Å². The van der Waals surface area contributed by atoms with Crippen LogP contribution in [0.2, 0.25) is 0 Å². The highest BCUT2D eigenvalue weighted by Gasteiger charge is 1.72. The van der Waals surface area contributed by atoms with Crippen LogP contribution in [0, 0.1) is 0 Å². The summed E-state index contributed by atoms with van der Waals surface area (Å²) in [6.45, 7) is 12.7. The summed E-state index contributed by atoms with van der Waals surface area (Å²) < 4.78 is 0. The lowest BCUT2D eigenvalue weighted by molar-refractivity contribution is 0.936. The highest BCUT2D eigenvalue weighted by molar-refractivity contribution is 5.76. The first-order chi connectivity index (χ1) is 4.77. The summed E-state index contributed by atoms with van der Waals surface area (Å²) in [6, 6.07) is 0. The molecule has 0 aromatic carbocycles. The van der Waals surface area contributed by atoms with Crippen molar-refractivity contribution in [2.75, 3.05) is 6.54 Å². The van der Waals surface area contributed by atoms with E-state index in [0.29, 0.717) is 0 Å². The van der Waals surface area contributed by atoms with E-state index >= 15 is 0 Å². The van der Waals surface area contributed by atoms with Crippen LogP contribution in [0.25, 0.3) is 0 Å². The molecule has 0 bridgehead atoms. The van der Waals surface area contributed by atoms with Gasteiger partial charge in [0.1, 0.15) is 0 Å². The van der Waals surface area contributed by atoms with E-state index < -0.39 is 0 Å². The number of allylic oxidation sites excluding steroid dienone is 1. The molecule has 0 aliphatic rings. The van der Waals surface area contributed by atoms with Crippen LogP contribution in [0.5, 0.6) is 0 Å². The maximum absolute atomic E-state index is 4.06. The van der Waals surface area contributed by atoms with Crippen LogP contribution in [0.3, 0.4) is 0 Å². The van der Waals surface area contributed by atoms with E-state index in [4.69, 9.17) is 0 Å². The molecule has 0 rings (SSSR count). The zero-order valence-electron chi connectivity index (χ0n) is 7.65. The molecule has 0 N–H and O–H groups in total. The van der Waals surface area contributed by atoms with Crippen LogP contribution >= 0.6 is 0 Å². The van der Waals surface area contributed by atoms with Crippen molar-refractivity contribution in [2.24, 2.45) is 4.99 Å². The van der Waals surface area contributed by atoms with Crippen LogP contribution in [-0.2, 0) is 0 Å². The number of hydrogen-bond donors (Lipinski definition) is 0. The smallest absolute Gasteiger partial charge is 0.0386 e. The average Bonchev–Trinajstić information content (AvgIpc) is 1.92. The maximum Gasteiger partial charge on any atom is 0.0386 e. The highest BCUT2D eigenvalue weighted by Crippen LogP contribution is 1.81. The molecule has 0 aromatic rings. The quantitative estimate of drug-likeness (QED) is 0.536. The van der Waals surface area contributed by atoms with E-state index in [1.54, 1.807) is 0 Å². The van der Waals surface area contributed by atoms with E-state index in [2.05, 4.69) is 18.5 Å². The molecule has 0 saturated carbocycles. The molecule has 1 nitrogen and oxygen atoms in total. The first-order valence-corrected chi connectivity index (χ1v) is 3.92. The Kier molecular flexibility index (Phi) is 13.6. The van der Waals surface area contributed by atoms with Gasteiger partial charge in [-0.2, -0.15) is 0 Å². The fourth-order valence-corrected chi connectivity index (χ4v) is 0.349. The number of aliphatic imine (C=N–C) groups is 1. The first kappa shape index (κ1) is 12.1. The highest BCUT2D eigenvalue weighted by atomic mass is 14.7. The minimum absolute atomic E-state index is 0.923. The Bertz CT molecular complexity index is 92.9. The van der Waals surface area contributed by atoms with Crippen molar-refractivity contribution in [1.29, 1.82) is 0 Å². The van der Waals surface area contributed by atoms with Crippen LogP contribution in [0.1, 0.15) is 34.1 Å². The van der Waals surface area contributed by atoms with Crippen molar-refractivity contribution in [1.82, 2.24) is 0 Å². The largest absolute Gasteiger partial charge is 0.293 e. The Labute approximate surface area is 64.9 Å². The van der Waals surface area contributed by atoms with Gasteiger partial charge in [-0.3, -0.25) is 4.99 Å². The summed E-state index contributed by atoms with van der Waals surface area (Å²) in [7, 11) is 0. The van der Waals surface area contributed by atoms with Gasteiger partial charge in [0.15, 0.2) is 0 Å². The number of nitrogens with zero attached hydrogens (tertiary/aromatic N) is 1. The van der Waals surface area contributed by atoms with Gasteiger partial charge in [-0.1, -0.05) is 27.4 Å². The summed E-state index contributed by atoms with van der Waals surface area (Å²) in [5.74, 6) is 0. The number of rotatable bonds is 3. The van der Waals surface area contributed by atoms with Gasteiger partial charge in [0.25, 0.3) is 0 Å². The van der Waals surface area contributed by atoms with Crippen molar-refractivity contribution in [3.05, 3.63) is 12.2 Å². The molecular formula is C9H19N. The molecule has 0 aliphatic carbocycles. The second kappa shape index (κ2) is 11.2. The second-order valence-corrected chi connectivity index (χ2v) is 1.88. The molecule has 0 atom stereocenters. The molecular weight excluding hydrogens is 122 g/mol. The normalized spacial score (nSPS) is 8.80. The number of hydrogen-bond acceptors (Lipinski definition) is 1.